The summed E-state index contributed by atoms with van der Waals surface area (Å²) >= 11 is 0. The molecule has 0 heterocycles. The zero-order valence-corrected chi connectivity index (χ0v) is 8.46. The van der Waals surface area contributed by atoms with E-state index in [-0.39, 0.29) is 18.9 Å². The highest BCUT2D eigenvalue weighted by atomic mass is 16.4. The standard InChI is InChI=1S/C10H15NO3/c1-4-6-8(12)11-7-10(3,5-2)9(13)14/h1H,5-7H2,2-3H3,(H,11,12)(H,13,14). The van der Waals surface area contributed by atoms with Crippen molar-refractivity contribution in [3.63, 3.8) is 0 Å². The number of hydrogen-bond donors (Lipinski definition) is 2. The zero-order valence-electron chi connectivity index (χ0n) is 8.46. The molecule has 0 aliphatic heterocycles. The summed E-state index contributed by atoms with van der Waals surface area (Å²) < 4.78 is 0. The van der Waals surface area contributed by atoms with Crippen LogP contribution >= 0.6 is 0 Å². The second kappa shape index (κ2) is 5.28. The highest BCUT2D eigenvalue weighted by Crippen LogP contribution is 2.19. The summed E-state index contributed by atoms with van der Waals surface area (Å²) in [4.78, 5) is 21.8. The van der Waals surface area contributed by atoms with Gasteiger partial charge in [0.2, 0.25) is 5.91 Å². The number of carboxylic acid groups (broad SMARTS) is 1. The molecule has 0 aliphatic rings. The van der Waals surface area contributed by atoms with Crippen LogP contribution in [0.15, 0.2) is 0 Å². The van der Waals surface area contributed by atoms with Crippen LogP contribution in [-0.4, -0.2) is 23.5 Å². The first-order chi connectivity index (χ1) is 6.46. The fourth-order valence-electron chi connectivity index (χ4n) is 0.801. The summed E-state index contributed by atoms with van der Waals surface area (Å²) in [7, 11) is 0. The van der Waals surface area contributed by atoms with Crippen molar-refractivity contribution in [1.29, 1.82) is 0 Å². The minimum Gasteiger partial charge on any atom is -0.481 e. The number of rotatable bonds is 5. The molecule has 1 atom stereocenters. The van der Waals surface area contributed by atoms with Crippen molar-refractivity contribution in [2.45, 2.75) is 26.7 Å². The van der Waals surface area contributed by atoms with Gasteiger partial charge < -0.3 is 10.4 Å². The van der Waals surface area contributed by atoms with Gasteiger partial charge >= 0.3 is 5.97 Å². The van der Waals surface area contributed by atoms with E-state index < -0.39 is 11.4 Å². The molecule has 0 radical (unpaired) electrons. The van der Waals surface area contributed by atoms with E-state index in [0.29, 0.717) is 6.42 Å². The maximum absolute atomic E-state index is 11.0. The Morgan fingerprint density at radius 2 is 2.14 bits per heavy atom. The molecule has 0 aliphatic carbocycles. The van der Waals surface area contributed by atoms with Crippen LogP contribution < -0.4 is 5.32 Å². The molecule has 4 nitrogen and oxygen atoms in total. The first kappa shape index (κ1) is 12.5. The van der Waals surface area contributed by atoms with Crippen LogP contribution in [0, 0.1) is 17.8 Å². The zero-order chi connectivity index (χ0) is 11.2. The number of nitrogens with one attached hydrogen (secondary N) is 1. The quantitative estimate of drug-likeness (QED) is 0.635. The van der Waals surface area contributed by atoms with E-state index >= 15 is 0 Å². The molecule has 0 spiro atoms. The molecule has 14 heavy (non-hydrogen) atoms. The van der Waals surface area contributed by atoms with E-state index in [4.69, 9.17) is 11.5 Å². The van der Waals surface area contributed by atoms with Gasteiger partial charge in [0.25, 0.3) is 0 Å². The molecule has 1 unspecified atom stereocenters. The largest absolute Gasteiger partial charge is 0.481 e. The Bertz CT molecular complexity index is 267. The van der Waals surface area contributed by atoms with Crippen molar-refractivity contribution < 1.29 is 14.7 Å². The normalized spacial score (nSPS) is 13.8. The molecule has 0 aromatic heterocycles. The number of carboxylic acids is 1. The summed E-state index contributed by atoms with van der Waals surface area (Å²) in [6.45, 7) is 3.46. The number of terminal acetylenes is 1. The molecule has 0 fully saturated rings. The van der Waals surface area contributed by atoms with Gasteiger partial charge in [0.05, 0.1) is 11.8 Å². The molecule has 0 bridgehead atoms. The lowest BCUT2D eigenvalue weighted by molar-refractivity contribution is -0.148. The average Bonchev–Trinajstić information content (AvgIpc) is 2.14. The molecule has 2 N–H and O–H groups in total. The predicted octanol–water partition coefficient (Wildman–Crippen LogP) is 0.627. The van der Waals surface area contributed by atoms with Crippen LogP contribution in [0.25, 0.3) is 0 Å². The monoisotopic (exact) mass is 197 g/mol. The maximum Gasteiger partial charge on any atom is 0.311 e. The van der Waals surface area contributed by atoms with E-state index in [1.807, 2.05) is 0 Å². The van der Waals surface area contributed by atoms with Gasteiger partial charge in [-0.15, -0.1) is 6.42 Å². The van der Waals surface area contributed by atoms with Crippen LogP contribution in [0.2, 0.25) is 0 Å². The van der Waals surface area contributed by atoms with Crippen molar-refractivity contribution in [3.8, 4) is 12.3 Å². The molecule has 0 saturated heterocycles. The highest BCUT2D eigenvalue weighted by molar-refractivity contribution is 5.80. The van der Waals surface area contributed by atoms with Crippen LogP contribution in [0.3, 0.4) is 0 Å². The van der Waals surface area contributed by atoms with Gasteiger partial charge in [-0.25, -0.2) is 0 Å². The Hall–Kier alpha value is -1.50. The Morgan fingerprint density at radius 1 is 1.57 bits per heavy atom. The topological polar surface area (TPSA) is 66.4 Å². The molecule has 0 aromatic carbocycles. The van der Waals surface area contributed by atoms with Crippen molar-refractivity contribution in [2.75, 3.05) is 6.54 Å². The molecule has 0 saturated carbocycles. The molecule has 78 valence electrons. The SMILES string of the molecule is C#CCC(=O)NCC(C)(CC)C(=O)O. The fraction of sp³-hybridized carbons (Fsp3) is 0.600. The first-order valence-electron chi connectivity index (χ1n) is 4.40. The van der Waals surface area contributed by atoms with Crippen molar-refractivity contribution >= 4 is 11.9 Å². The molecule has 4 heteroatoms. The van der Waals surface area contributed by atoms with E-state index in [1.165, 1.54) is 0 Å². The van der Waals surface area contributed by atoms with E-state index in [1.54, 1.807) is 13.8 Å². The van der Waals surface area contributed by atoms with Gasteiger partial charge in [0.15, 0.2) is 0 Å². The summed E-state index contributed by atoms with van der Waals surface area (Å²) in [6, 6.07) is 0. The minimum atomic E-state index is -0.916. The lowest BCUT2D eigenvalue weighted by atomic mass is 9.88. The Balaban J connectivity index is 4.16. The van der Waals surface area contributed by atoms with E-state index in [2.05, 4.69) is 11.2 Å². The number of carbonyl (C=O) groups excluding carboxylic acids is 1. The van der Waals surface area contributed by atoms with Gasteiger partial charge in [0, 0.05) is 6.54 Å². The Morgan fingerprint density at radius 3 is 2.50 bits per heavy atom. The second-order valence-corrected chi connectivity index (χ2v) is 3.38. The number of aliphatic carboxylic acids is 1. The molecule has 0 rings (SSSR count). The summed E-state index contributed by atoms with van der Waals surface area (Å²) in [5.74, 6) is 0.964. The molecular weight excluding hydrogens is 182 g/mol. The van der Waals surface area contributed by atoms with E-state index in [9.17, 15) is 9.59 Å². The first-order valence-corrected chi connectivity index (χ1v) is 4.40. The van der Waals surface area contributed by atoms with Gasteiger partial charge in [0.1, 0.15) is 0 Å². The summed E-state index contributed by atoms with van der Waals surface area (Å²) in [5.41, 5.74) is -0.912. The van der Waals surface area contributed by atoms with Crippen molar-refractivity contribution in [2.24, 2.45) is 5.41 Å². The van der Waals surface area contributed by atoms with Crippen LogP contribution in [0.4, 0.5) is 0 Å². The van der Waals surface area contributed by atoms with Crippen molar-refractivity contribution in [3.05, 3.63) is 0 Å². The highest BCUT2D eigenvalue weighted by Gasteiger charge is 2.31. The summed E-state index contributed by atoms with van der Waals surface area (Å²) in [6.07, 6.45) is 5.38. The smallest absolute Gasteiger partial charge is 0.311 e. The van der Waals surface area contributed by atoms with Crippen LogP contribution in [0.1, 0.15) is 26.7 Å². The van der Waals surface area contributed by atoms with Gasteiger partial charge in [-0.1, -0.05) is 12.8 Å². The second-order valence-electron chi connectivity index (χ2n) is 3.38. The molecule has 1 amide bonds. The third kappa shape index (κ3) is 3.48. The van der Waals surface area contributed by atoms with Crippen molar-refractivity contribution in [1.82, 2.24) is 5.32 Å². The number of carbonyl (C=O) groups is 2. The van der Waals surface area contributed by atoms with Gasteiger partial charge in [-0.2, -0.15) is 0 Å². The van der Waals surface area contributed by atoms with Crippen LogP contribution in [0.5, 0.6) is 0 Å². The fourth-order valence-corrected chi connectivity index (χ4v) is 0.801. The molecular formula is C10H15NO3. The summed E-state index contributed by atoms with van der Waals surface area (Å²) in [5, 5.41) is 11.4. The van der Waals surface area contributed by atoms with E-state index in [0.717, 1.165) is 0 Å². The third-order valence-corrected chi connectivity index (χ3v) is 2.23. The van der Waals surface area contributed by atoms with Gasteiger partial charge in [-0.05, 0) is 13.3 Å². The van der Waals surface area contributed by atoms with Gasteiger partial charge in [-0.3, -0.25) is 9.59 Å². The third-order valence-electron chi connectivity index (χ3n) is 2.23. The Labute approximate surface area is 83.7 Å². The Kier molecular flexibility index (Phi) is 4.71. The number of hydrogen-bond acceptors (Lipinski definition) is 2. The molecule has 0 aromatic rings. The number of amides is 1. The average molecular weight is 197 g/mol. The van der Waals surface area contributed by atoms with Crippen LogP contribution in [-0.2, 0) is 9.59 Å². The predicted molar refractivity (Wildman–Crippen MR) is 52.5 cm³/mol. The minimum absolute atomic E-state index is 0.0145. The maximum atomic E-state index is 11.0. The lowest BCUT2D eigenvalue weighted by Crippen LogP contribution is -2.40. The lowest BCUT2D eigenvalue weighted by Gasteiger charge is -2.22.